The van der Waals surface area contributed by atoms with Gasteiger partial charge < -0.3 is 20.5 Å². The average molecular weight is 264 g/mol. The van der Waals surface area contributed by atoms with Crippen molar-refractivity contribution in [1.29, 1.82) is 0 Å². The Balaban J connectivity index is 2.22. The van der Waals surface area contributed by atoms with Crippen LogP contribution in [0.4, 0.5) is 0 Å². The lowest BCUT2D eigenvalue weighted by atomic mass is 10.1. The molecule has 0 radical (unpaired) electrons. The summed E-state index contributed by atoms with van der Waals surface area (Å²) < 4.78 is 5.08. The number of nitrogens with two attached hydrogens (primary N) is 1. The molecule has 1 aromatic rings. The van der Waals surface area contributed by atoms with E-state index in [2.05, 4.69) is 0 Å². The maximum atomic E-state index is 12.4. The number of carbonyl (C=O) groups excluding carboxylic acids is 1. The van der Waals surface area contributed by atoms with Gasteiger partial charge in [0.2, 0.25) is 0 Å². The molecular weight excluding hydrogens is 244 g/mol. The first-order chi connectivity index (χ1) is 9.08. The third kappa shape index (κ3) is 2.81. The Morgan fingerprint density at radius 1 is 1.58 bits per heavy atom. The highest BCUT2D eigenvalue weighted by Crippen LogP contribution is 2.35. The van der Waals surface area contributed by atoms with Gasteiger partial charge in [0, 0.05) is 19.6 Å². The molecule has 2 rings (SSSR count). The molecule has 0 spiro atoms. The standard InChI is InChI=1S/C14H20N2O3/c1-16(12(8-15)9-3-4-9)14(18)11-7-10(19-2)5-6-13(11)17/h5-7,9,12,17H,3-4,8,15H2,1-2H3. The number of methoxy groups -OCH3 is 1. The number of rotatable bonds is 5. The normalized spacial score (nSPS) is 15.9. The molecule has 0 aromatic heterocycles. The topological polar surface area (TPSA) is 75.8 Å². The van der Waals surface area contributed by atoms with Crippen molar-refractivity contribution in [3.05, 3.63) is 23.8 Å². The highest BCUT2D eigenvalue weighted by atomic mass is 16.5. The molecule has 0 saturated heterocycles. The van der Waals surface area contributed by atoms with Crippen molar-refractivity contribution < 1.29 is 14.6 Å². The second-order valence-corrected chi connectivity index (χ2v) is 4.94. The molecule has 1 unspecified atom stereocenters. The fourth-order valence-electron chi connectivity index (χ4n) is 2.30. The van der Waals surface area contributed by atoms with Gasteiger partial charge in [-0.1, -0.05) is 0 Å². The lowest BCUT2D eigenvalue weighted by Crippen LogP contribution is -2.43. The third-order valence-corrected chi connectivity index (χ3v) is 3.66. The molecule has 1 saturated carbocycles. The molecule has 1 fully saturated rings. The van der Waals surface area contributed by atoms with Gasteiger partial charge in [0.05, 0.1) is 12.7 Å². The Bertz CT molecular complexity index is 472. The summed E-state index contributed by atoms with van der Waals surface area (Å²) >= 11 is 0. The van der Waals surface area contributed by atoms with Gasteiger partial charge in [-0.25, -0.2) is 0 Å². The van der Waals surface area contributed by atoms with Crippen LogP contribution in [0.2, 0.25) is 0 Å². The van der Waals surface area contributed by atoms with E-state index in [4.69, 9.17) is 10.5 Å². The number of hydrogen-bond donors (Lipinski definition) is 2. The lowest BCUT2D eigenvalue weighted by molar-refractivity contribution is 0.0715. The van der Waals surface area contributed by atoms with Crippen LogP contribution in [0, 0.1) is 5.92 Å². The van der Waals surface area contributed by atoms with Crippen LogP contribution < -0.4 is 10.5 Å². The number of amides is 1. The van der Waals surface area contributed by atoms with E-state index in [-0.39, 0.29) is 23.3 Å². The van der Waals surface area contributed by atoms with Crippen LogP contribution in [0.5, 0.6) is 11.5 Å². The molecular formula is C14H20N2O3. The zero-order chi connectivity index (χ0) is 14.0. The largest absolute Gasteiger partial charge is 0.507 e. The van der Waals surface area contributed by atoms with Crippen molar-refractivity contribution in [2.45, 2.75) is 18.9 Å². The van der Waals surface area contributed by atoms with Gasteiger partial charge in [-0.3, -0.25) is 4.79 Å². The van der Waals surface area contributed by atoms with Gasteiger partial charge in [-0.15, -0.1) is 0 Å². The van der Waals surface area contributed by atoms with Gasteiger partial charge in [0.1, 0.15) is 11.5 Å². The maximum Gasteiger partial charge on any atom is 0.257 e. The molecule has 0 bridgehead atoms. The molecule has 1 aromatic carbocycles. The molecule has 1 atom stereocenters. The van der Waals surface area contributed by atoms with Gasteiger partial charge in [-0.2, -0.15) is 0 Å². The molecule has 19 heavy (non-hydrogen) atoms. The number of ether oxygens (including phenoxy) is 1. The van der Waals surface area contributed by atoms with E-state index >= 15 is 0 Å². The van der Waals surface area contributed by atoms with E-state index in [1.165, 1.54) is 13.2 Å². The van der Waals surface area contributed by atoms with E-state index < -0.39 is 0 Å². The zero-order valence-corrected chi connectivity index (χ0v) is 11.3. The highest BCUT2D eigenvalue weighted by Gasteiger charge is 2.35. The van der Waals surface area contributed by atoms with Gasteiger partial charge in [-0.05, 0) is 37.0 Å². The maximum absolute atomic E-state index is 12.4. The van der Waals surface area contributed by atoms with Crippen LogP contribution in [0.1, 0.15) is 23.2 Å². The number of carbonyl (C=O) groups is 1. The van der Waals surface area contributed by atoms with Crippen molar-refractivity contribution in [3.8, 4) is 11.5 Å². The second kappa shape index (κ2) is 5.48. The molecule has 5 nitrogen and oxygen atoms in total. The molecule has 104 valence electrons. The summed E-state index contributed by atoms with van der Waals surface area (Å²) in [5.41, 5.74) is 5.99. The minimum atomic E-state index is -0.223. The molecule has 0 aliphatic heterocycles. The number of phenols is 1. The number of likely N-dealkylation sites (N-methyl/N-ethyl adjacent to an activating group) is 1. The van der Waals surface area contributed by atoms with E-state index in [1.54, 1.807) is 24.1 Å². The zero-order valence-electron chi connectivity index (χ0n) is 11.3. The highest BCUT2D eigenvalue weighted by molar-refractivity contribution is 5.97. The van der Waals surface area contributed by atoms with E-state index in [0.717, 1.165) is 12.8 Å². The average Bonchev–Trinajstić information content (AvgIpc) is 3.24. The quantitative estimate of drug-likeness (QED) is 0.838. The van der Waals surface area contributed by atoms with Crippen molar-refractivity contribution in [2.24, 2.45) is 11.7 Å². The van der Waals surface area contributed by atoms with Crippen LogP contribution >= 0.6 is 0 Å². The first-order valence-corrected chi connectivity index (χ1v) is 6.42. The van der Waals surface area contributed by atoms with E-state index in [9.17, 15) is 9.90 Å². The molecule has 1 aliphatic carbocycles. The summed E-state index contributed by atoms with van der Waals surface area (Å²) in [6.45, 7) is 0.442. The molecule has 1 aliphatic rings. The molecule has 5 heteroatoms. The smallest absolute Gasteiger partial charge is 0.257 e. The SMILES string of the molecule is COc1ccc(O)c(C(=O)N(C)C(CN)C2CC2)c1. The Hall–Kier alpha value is -1.75. The van der Waals surface area contributed by atoms with Crippen LogP contribution in [0.25, 0.3) is 0 Å². The number of benzene rings is 1. The van der Waals surface area contributed by atoms with Crippen molar-refractivity contribution in [3.63, 3.8) is 0 Å². The first kappa shape index (κ1) is 13.7. The van der Waals surface area contributed by atoms with Crippen molar-refractivity contribution in [1.82, 2.24) is 4.90 Å². The fraction of sp³-hybridized carbons (Fsp3) is 0.500. The van der Waals surface area contributed by atoms with Crippen LogP contribution in [0.3, 0.4) is 0 Å². The summed E-state index contributed by atoms with van der Waals surface area (Å²) in [5, 5.41) is 9.82. The summed E-state index contributed by atoms with van der Waals surface area (Å²) in [5.74, 6) is 0.778. The summed E-state index contributed by atoms with van der Waals surface area (Å²) in [6, 6.07) is 4.68. The third-order valence-electron chi connectivity index (χ3n) is 3.66. The van der Waals surface area contributed by atoms with E-state index in [1.807, 2.05) is 0 Å². The Labute approximate surface area is 113 Å². The van der Waals surface area contributed by atoms with Crippen LogP contribution in [-0.4, -0.2) is 42.7 Å². The van der Waals surface area contributed by atoms with Gasteiger partial charge in [0.15, 0.2) is 0 Å². The minimum absolute atomic E-state index is 0.0378. The van der Waals surface area contributed by atoms with Gasteiger partial charge >= 0.3 is 0 Å². The monoisotopic (exact) mass is 264 g/mol. The van der Waals surface area contributed by atoms with Crippen LogP contribution in [-0.2, 0) is 0 Å². The van der Waals surface area contributed by atoms with E-state index in [0.29, 0.717) is 18.2 Å². The number of nitrogens with zero attached hydrogens (tertiary/aromatic N) is 1. The molecule has 1 amide bonds. The Kier molecular flexibility index (Phi) is 3.95. The molecule has 0 heterocycles. The number of hydrogen-bond acceptors (Lipinski definition) is 4. The van der Waals surface area contributed by atoms with Gasteiger partial charge in [0.25, 0.3) is 5.91 Å². The summed E-state index contributed by atoms with van der Waals surface area (Å²) in [4.78, 5) is 14.1. The Morgan fingerprint density at radius 3 is 2.79 bits per heavy atom. The summed E-state index contributed by atoms with van der Waals surface area (Å²) in [7, 11) is 3.26. The lowest BCUT2D eigenvalue weighted by Gasteiger charge is -2.27. The van der Waals surface area contributed by atoms with Crippen LogP contribution in [0.15, 0.2) is 18.2 Å². The number of phenolic OH excluding ortho intramolecular Hbond substituents is 1. The predicted octanol–water partition coefficient (Wildman–Crippen LogP) is 1.21. The predicted molar refractivity (Wildman–Crippen MR) is 72.3 cm³/mol. The summed E-state index contributed by atoms with van der Waals surface area (Å²) in [6.07, 6.45) is 2.23. The van der Waals surface area contributed by atoms with Crippen molar-refractivity contribution >= 4 is 5.91 Å². The first-order valence-electron chi connectivity index (χ1n) is 6.42. The minimum Gasteiger partial charge on any atom is -0.507 e. The second-order valence-electron chi connectivity index (χ2n) is 4.94. The number of aromatic hydroxyl groups is 1. The van der Waals surface area contributed by atoms with Crippen molar-refractivity contribution in [2.75, 3.05) is 20.7 Å². The Morgan fingerprint density at radius 2 is 2.26 bits per heavy atom. The molecule has 3 N–H and O–H groups in total. The fourth-order valence-corrected chi connectivity index (χ4v) is 2.30.